The van der Waals surface area contributed by atoms with Crippen molar-refractivity contribution in [1.29, 1.82) is 0 Å². The summed E-state index contributed by atoms with van der Waals surface area (Å²) in [7, 11) is 1.76. The first-order valence-corrected chi connectivity index (χ1v) is 6.52. The summed E-state index contributed by atoms with van der Waals surface area (Å²) in [5.74, 6) is -0.0918. The molecule has 2 rings (SSSR count). The molecular weight excluding hydrogens is 262 g/mol. The van der Waals surface area contributed by atoms with Gasteiger partial charge in [-0.15, -0.1) is 0 Å². The van der Waals surface area contributed by atoms with E-state index < -0.39 is 0 Å². The molecule has 0 radical (unpaired) electrons. The second kappa shape index (κ2) is 5.89. The van der Waals surface area contributed by atoms with Crippen LogP contribution in [0.2, 0.25) is 5.02 Å². The minimum Gasteiger partial charge on any atom is -0.336 e. The maximum Gasteiger partial charge on any atom is 0.274 e. The van der Waals surface area contributed by atoms with Gasteiger partial charge in [0.25, 0.3) is 5.91 Å². The van der Waals surface area contributed by atoms with E-state index in [1.165, 1.54) is 0 Å². The lowest BCUT2D eigenvalue weighted by Crippen LogP contribution is -2.26. The molecule has 1 N–H and O–H groups in total. The van der Waals surface area contributed by atoms with Crippen molar-refractivity contribution in [3.8, 4) is 0 Å². The highest BCUT2D eigenvalue weighted by atomic mass is 35.5. The van der Waals surface area contributed by atoms with Crippen molar-refractivity contribution in [2.45, 2.75) is 19.9 Å². The van der Waals surface area contributed by atoms with E-state index in [0.717, 1.165) is 17.7 Å². The van der Waals surface area contributed by atoms with Crippen molar-refractivity contribution in [2.75, 3.05) is 7.05 Å². The number of carbonyl (C=O) groups is 1. The van der Waals surface area contributed by atoms with Gasteiger partial charge in [-0.1, -0.05) is 30.7 Å². The van der Waals surface area contributed by atoms with Crippen LogP contribution in [-0.2, 0) is 13.0 Å². The molecular formula is C14H16ClN3O. The Morgan fingerprint density at radius 2 is 2.05 bits per heavy atom. The minimum atomic E-state index is -0.0918. The Morgan fingerprint density at radius 3 is 2.63 bits per heavy atom. The maximum absolute atomic E-state index is 12.2. The molecule has 0 saturated carbocycles. The second-order valence-corrected chi connectivity index (χ2v) is 4.86. The predicted molar refractivity (Wildman–Crippen MR) is 75.2 cm³/mol. The third kappa shape index (κ3) is 3.35. The van der Waals surface area contributed by atoms with Crippen LogP contribution in [0.5, 0.6) is 0 Å². The van der Waals surface area contributed by atoms with Crippen molar-refractivity contribution >= 4 is 17.5 Å². The molecule has 0 bridgehead atoms. The Kier molecular flexibility index (Phi) is 4.22. The molecule has 0 unspecified atom stereocenters. The number of benzene rings is 1. The fourth-order valence-electron chi connectivity index (χ4n) is 1.78. The molecule has 0 aliphatic rings. The average Bonchev–Trinajstić information content (AvgIpc) is 2.89. The third-order valence-corrected chi connectivity index (χ3v) is 3.16. The zero-order valence-electron chi connectivity index (χ0n) is 11.0. The summed E-state index contributed by atoms with van der Waals surface area (Å²) in [5.41, 5.74) is 2.45. The Morgan fingerprint density at radius 1 is 1.37 bits per heavy atom. The predicted octanol–water partition coefficient (Wildman–Crippen LogP) is 2.90. The largest absolute Gasteiger partial charge is 0.336 e. The summed E-state index contributed by atoms with van der Waals surface area (Å²) >= 11 is 5.83. The van der Waals surface area contributed by atoms with Gasteiger partial charge in [-0.25, -0.2) is 0 Å². The lowest BCUT2D eigenvalue weighted by Gasteiger charge is -2.15. The van der Waals surface area contributed by atoms with Crippen LogP contribution in [0.15, 0.2) is 30.3 Å². The first-order chi connectivity index (χ1) is 9.10. The van der Waals surface area contributed by atoms with Gasteiger partial charge in [-0.05, 0) is 30.2 Å². The van der Waals surface area contributed by atoms with Crippen LogP contribution >= 0.6 is 11.6 Å². The topological polar surface area (TPSA) is 49.0 Å². The van der Waals surface area contributed by atoms with E-state index in [1.807, 2.05) is 31.2 Å². The number of aromatic nitrogens is 2. The number of amides is 1. The number of hydrogen-bond acceptors (Lipinski definition) is 2. The lowest BCUT2D eigenvalue weighted by molar-refractivity contribution is 0.0779. The first kappa shape index (κ1) is 13.6. The zero-order chi connectivity index (χ0) is 13.8. The van der Waals surface area contributed by atoms with Gasteiger partial charge < -0.3 is 4.90 Å². The van der Waals surface area contributed by atoms with Crippen LogP contribution in [-0.4, -0.2) is 28.1 Å². The normalized spacial score (nSPS) is 10.5. The molecule has 0 aliphatic heterocycles. The third-order valence-electron chi connectivity index (χ3n) is 2.91. The standard InChI is InChI=1S/C14H16ClN3O/c1-3-12-8-13(17-16-12)14(19)18(2)9-10-4-6-11(15)7-5-10/h4-8H,3,9H2,1-2H3,(H,16,17). The molecule has 100 valence electrons. The molecule has 0 atom stereocenters. The molecule has 19 heavy (non-hydrogen) atoms. The highest BCUT2D eigenvalue weighted by Gasteiger charge is 2.15. The number of hydrogen-bond donors (Lipinski definition) is 1. The van der Waals surface area contributed by atoms with Gasteiger partial charge in [0.05, 0.1) is 0 Å². The minimum absolute atomic E-state index is 0.0918. The molecule has 0 aliphatic carbocycles. The van der Waals surface area contributed by atoms with Gasteiger partial charge in [0.15, 0.2) is 0 Å². The van der Waals surface area contributed by atoms with E-state index in [4.69, 9.17) is 11.6 Å². The molecule has 4 nitrogen and oxygen atoms in total. The van der Waals surface area contributed by atoms with Gasteiger partial charge in [0.1, 0.15) is 5.69 Å². The number of halogens is 1. The SMILES string of the molecule is CCc1cc(C(=O)N(C)Cc2ccc(Cl)cc2)n[nH]1. The number of aromatic amines is 1. The summed E-state index contributed by atoms with van der Waals surface area (Å²) < 4.78 is 0. The van der Waals surface area contributed by atoms with Gasteiger partial charge in [-0.2, -0.15) is 5.10 Å². The highest BCUT2D eigenvalue weighted by Crippen LogP contribution is 2.12. The summed E-state index contributed by atoms with van der Waals surface area (Å²) in [6.45, 7) is 2.55. The van der Waals surface area contributed by atoms with Crippen molar-refractivity contribution in [2.24, 2.45) is 0 Å². The van der Waals surface area contributed by atoms with Gasteiger partial charge in [-0.3, -0.25) is 9.89 Å². The first-order valence-electron chi connectivity index (χ1n) is 6.14. The Balaban J connectivity index is 2.04. The number of H-pyrrole nitrogens is 1. The summed E-state index contributed by atoms with van der Waals surface area (Å²) in [6, 6.07) is 9.25. The lowest BCUT2D eigenvalue weighted by atomic mass is 10.2. The smallest absolute Gasteiger partial charge is 0.274 e. The maximum atomic E-state index is 12.2. The van der Waals surface area contributed by atoms with Crippen molar-refractivity contribution in [3.63, 3.8) is 0 Å². The summed E-state index contributed by atoms with van der Waals surface area (Å²) in [4.78, 5) is 13.8. The van der Waals surface area contributed by atoms with Crippen LogP contribution in [0.3, 0.4) is 0 Å². The van der Waals surface area contributed by atoms with E-state index in [0.29, 0.717) is 17.3 Å². The summed E-state index contributed by atoms with van der Waals surface area (Å²) in [6.07, 6.45) is 0.835. The highest BCUT2D eigenvalue weighted by molar-refractivity contribution is 6.30. The number of aryl methyl sites for hydroxylation is 1. The van der Waals surface area contributed by atoms with Crippen molar-refractivity contribution < 1.29 is 4.79 Å². The molecule has 1 aromatic carbocycles. The molecule has 1 amide bonds. The van der Waals surface area contributed by atoms with E-state index in [9.17, 15) is 4.79 Å². The average molecular weight is 278 g/mol. The van der Waals surface area contributed by atoms with Gasteiger partial charge in [0, 0.05) is 24.3 Å². The molecule has 5 heteroatoms. The zero-order valence-corrected chi connectivity index (χ0v) is 11.7. The quantitative estimate of drug-likeness (QED) is 0.934. The molecule has 2 aromatic rings. The molecule has 0 spiro atoms. The van der Waals surface area contributed by atoms with E-state index >= 15 is 0 Å². The number of carbonyl (C=O) groups excluding carboxylic acids is 1. The Hall–Kier alpha value is -1.81. The van der Waals surface area contributed by atoms with Crippen molar-refractivity contribution in [3.05, 3.63) is 52.3 Å². The van der Waals surface area contributed by atoms with Gasteiger partial charge >= 0.3 is 0 Å². The number of nitrogens with zero attached hydrogens (tertiary/aromatic N) is 2. The fraction of sp³-hybridized carbons (Fsp3) is 0.286. The van der Waals surface area contributed by atoms with Crippen molar-refractivity contribution in [1.82, 2.24) is 15.1 Å². The molecule has 0 saturated heterocycles. The van der Waals surface area contributed by atoms with Crippen LogP contribution in [0.1, 0.15) is 28.7 Å². The second-order valence-electron chi connectivity index (χ2n) is 4.42. The van der Waals surface area contributed by atoms with Crippen LogP contribution in [0.25, 0.3) is 0 Å². The molecule has 0 fully saturated rings. The number of nitrogens with one attached hydrogen (secondary N) is 1. The summed E-state index contributed by atoms with van der Waals surface area (Å²) in [5, 5.41) is 7.57. The monoisotopic (exact) mass is 277 g/mol. The molecule has 1 heterocycles. The Bertz CT molecular complexity index is 562. The van der Waals surface area contributed by atoms with Crippen LogP contribution < -0.4 is 0 Å². The number of rotatable bonds is 4. The Labute approximate surface area is 117 Å². The van der Waals surface area contributed by atoms with Crippen LogP contribution in [0.4, 0.5) is 0 Å². The fourth-order valence-corrected chi connectivity index (χ4v) is 1.91. The van der Waals surface area contributed by atoms with E-state index in [2.05, 4.69) is 10.2 Å². The van der Waals surface area contributed by atoms with E-state index in [-0.39, 0.29) is 5.91 Å². The van der Waals surface area contributed by atoms with Crippen LogP contribution in [0, 0.1) is 0 Å². The van der Waals surface area contributed by atoms with Gasteiger partial charge in [0.2, 0.25) is 0 Å². The molecule has 1 aromatic heterocycles. The van der Waals surface area contributed by atoms with E-state index in [1.54, 1.807) is 18.0 Å².